The van der Waals surface area contributed by atoms with Crippen LogP contribution in [0.5, 0.6) is 0 Å². The van der Waals surface area contributed by atoms with Crippen molar-refractivity contribution in [3.63, 3.8) is 0 Å². The molecule has 0 aromatic heterocycles. The van der Waals surface area contributed by atoms with Crippen LogP contribution in [0.1, 0.15) is 361 Å². The lowest BCUT2D eigenvalue weighted by Gasteiger charge is -2.18. The smallest absolute Gasteiger partial charge is 0.306 e. The third kappa shape index (κ3) is 60.5. The van der Waals surface area contributed by atoms with Gasteiger partial charge in [0.25, 0.3) is 0 Å². The Morgan fingerprint density at radius 1 is 0.257 bits per heavy atom. The normalized spacial score (nSPS) is 12.2. The minimum Gasteiger partial charge on any atom is -0.462 e. The Morgan fingerprint density at radius 2 is 0.459 bits per heavy atom. The SMILES string of the molecule is CCCC/C=C\CCCCCCCC(=O)OCC(COC(=O)CCCCCCCCCCCCCCCCCCCCC/C=C\CCCCCCCCCC)OC(=O)CCCCCCC/C=C\CCCCCCC. The number of esters is 3. The topological polar surface area (TPSA) is 78.9 Å². The fourth-order valence-corrected chi connectivity index (χ4v) is 9.83. The molecule has 0 amide bonds. The predicted octanol–water partition coefficient (Wildman–Crippen LogP) is 22.4. The first-order valence-electron chi connectivity index (χ1n) is 33.0. The van der Waals surface area contributed by atoms with Gasteiger partial charge in [-0.25, -0.2) is 0 Å². The van der Waals surface area contributed by atoms with Gasteiger partial charge in [-0.1, -0.05) is 288 Å². The van der Waals surface area contributed by atoms with E-state index in [0.717, 1.165) is 70.6 Å². The molecule has 0 radical (unpaired) electrons. The highest BCUT2D eigenvalue weighted by Gasteiger charge is 2.19. The molecule has 0 aromatic carbocycles. The summed E-state index contributed by atoms with van der Waals surface area (Å²) in [5, 5.41) is 0. The molecule has 0 bridgehead atoms. The Morgan fingerprint density at radius 3 is 0.716 bits per heavy atom. The van der Waals surface area contributed by atoms with Gasteiger partial charge in [-0.2, -0.15) is 0 Å². The molecule has 0 N–H and O–H groups in total. The zero-order chi connectivity index (χ0) is 53.6. The van der Waals surface area contributed by atoms with Crippen molar-refractivity contribution < 1.29 is 28.6 Å². The molecule has 1 atom stereocenters. The van der Waals surface area contributed by atoms with E-state index in [1.807, 2.05) is 0 Å². The fourth-order valence-electron chi connectivity index (χ4n) is 9.83. The van der Waals surface area contributed by atoms with Gasteiger partial charge in [-0.15, -0.1) is 0 Å². The van der Waals surface area contributed by atoms with Crippen LogP contribution in [0.3, 0.4) is 0 Å². The second kappa shape index (κ2) is 63.2. The zero-order valence-electron chi connectivity index (χ0n) is 49.9. The van der Waals surface area contributed by atoms with Crippen LogP contribution in [0, 0.1) is 0 Å². The fraction of sp³-hybridized carbons (Fsp3) is 0.868. The minimum atomic E-state index is -0.777. The first kappa shape index (κ1) is 71.6. The summed E-state index contributed by atoms with van der Waals surface area (Å²) < 4.78 is 16.9. The molecule has 434 valence electrons. The zero-order valence-corrected chi connectivity index (χ0v) is 49.9. The molecule has 1 unspecified atom stereocenters. The monoisotopic (exact) mass is 1040 g/mol. The molecule has 0 aliphatic carbocycles. The van der Waals surface area contributed by atoms with E-state index in [9.17, 15) is 14.4 Å². The van der Waals surface area contributed by atoms with E-state index in [0.29, 0.717) is 19.3 Å². The van der Waals surface area contributed by atoms with Gasteiger partial charge in [-0.05, 0) is 89.9 Å². The summed E-state index contributed by atoms with van der Waals surface area (Å²) in [5.74, 6) is -0.874. The lowest BCUT2D eigenvalue weighted by atomic mass is 10.0. The molecule has 74 heavy (non-hydrogen) atoms. The summed E-state index contributed by atoms with van der Waals surface area (Å²) in [5.41, 5.74) is 0. The van der Waals surface area contributed by atoms with Crippen molar-refractivity contribution in [2.45, 2.75) is 367 Å². The molecule has 6 heteroatoms. The van der Waals surface area contributed by atoms with Crippen LogP contribution in [-0.2, 0) is 28.6 Å². The average Bonchev–Trinajstić information content (AvgIpc) is 3.40. The van der Waals surface area contributed by atoms with E-state index in [-0.39, 0.29) is 31.1 Å². The molecule has 0 aromatic rings. The van der Waals surface area contributed by atoms with Gasteiger partial charge >= 0.3 is 17.9 Å². The van der Waals surface area contributed by atoms with E-state index < -0.39 is 6.10 Å². The highest BCUT2D eigenvalue weighted by molar-refractivity contribution is 5.71. The summed E-state index contributed by atoms with van der Waals surface area (Å²) in [6, 6.07) is 0. The van der Waals surface area contributed by atoms with Crippen LogP contribution in [0.2, 0.25) is 0 Å². The minimum absolute atomic E-state index is 0.0743. The Hall–Kier alpha value is -2.37. The number of hydrogen-bond acceptors (Lipinski definition) is 6. The van der Waals surface area contributed by atoms with Gasteiger partial charge in [0.1, 0.15) is 13.2 Å². The van der Waals surface area contributed by atoms with E-state index in [2.05, 4.69) is 57.2 Å². The third-order valence-corrected chi connectivity index (χ3v) is 14.8. The number of unbranched alkanes of at least 4 members (excludes halogenated alkanes) is 44. The number of carbonyl (C=O) groups excluding carboxylic acids is 3. The van der Waals surface area contributed by atoms with E-state index in [1.54, 1.807) is 0 Å². The standard InChI is InChI=1S/C68H126O6/c1-4-7-10-13-16-19-22-24-26-27-28-29-30-31-32-33-34-35-36-37-38-39-40-41-42-44-46-49-52-55-58-61-67(70)73-64-65(63-72-66(69)60-57-54-51-48-45-21-18-15-12-9-6-3)74-68(71)62-59-56-53-50-47-43-25-23-20-17-14-11-8-5-2/h15,18,23,25,27-28,65H,4-14,16-17,19-22,24,26,29-64H2,1-3H3/b18-15-,25-23-,28-27-. The van der Waals surface area contributed by atoms with Crippen LogP contribution in [0.25, 0.3) is 0 Å². The van der Waals surface area contributed by atoms with Crippen LogP contribution < -0.4 is 0 Å². The van der Waals surface area contributed by atoms with Crippen LogP contribution in [0.15, 0.2) is 36.5 Å². The molecule has 0 spiro atoms. The molecule has 0 heterocycles. The van der Waals surface area contributed by atoms with E-state index >= 15 is 0 Å². The highest BCUT2D eigenvalue weighted by atomic mass is 16.6. The van der Waals surface area contributed by atoms with Gasteiger partial charge in [0.2, 0.25) is 0 Å². The second-order valence-corrected chi connectivity index (χ2v) is 22.4. The second-order valence-electron chi connectivity index (χ2n) is 22.4. The molecule has 0 saturated carbocycles. The van der Waals surface area contributed by atoms with Crippen molar-refractivity contribution in [2.75, 3.05) is 13.2 Å². The summed E-state index contributed by atoms with van der Waals surface area (Å²) in [7, 11) is 0. The maximum atomic E-state index is 12.8. The van der Waals surface area contributed by atoms with Crippen molar-refractivity contribution in [3.05, 3.63) is 36.5 Å². The maximum absolute atomic E-state index is 12.8. The quantitative estimate of drug-likeness (QED) is 0.0261. The number of allylic oxidation sites excluding steroid dienone is 6. The maximum Gasteiger partial charge on any atom is 0.306 e. The molecule has 6 nitrogen and oxygen atoms in total. The lowest BCUT2D eigenvalue weighted by molar-refractivity contribution is -0.167. The third-order valence-electron chi connectivity index (χ3n) is 14.8. The number of rotatable bonds is 61. The van der Waals surface area contributed by atoms with E-state index in [4.69, 9.17) is 14.2 Å². The van der Waals surface area contributed by atoms with Crippen molar-refractivity contribution in [2.24, 2.45) is 0 Å². The van der Waals surface area contributed by atoms with Crippen molar-refractivity contribution in [1.82, 2.24) is 0 Å². The van der Waals surface area contributed by atoms with E-state index in [1.165, 1.54) is 250 Å². The summed E-state index contributed by atoms with van der Waals surface area (Å²) in [6.07, 6.45) is 77.5. The van der Waals surface area contributed by atoms with Crippen molar-refractivity contribution in [1.29, 1.82) is 0 Å². The molecule has 0 rings (SSSR count). The van der Waals surface area contributed by atoms with Gasteiger partial charge in [0, 0.05) is 19.3 Å². The first-order valence-corrected chi connectivity index (χ1v) is 33.0. The Labute approximate surface area is 461 Å². The van der Waals surface area contributed by atoms with Crippen LogP contribution in [-0.4, -0.2) is 37.2 Å². The highest BCUT2D eigenvalue weighted by Crippen LogP contribution is 2.18. The summed E-state index contributed by atoms with van der Waals surface area (Å²) >= 11 is 0. The molecular weight excluding hydrogens is 913 g/mol. The van der Waals surface area contributed by atoms with Crippen molar-refractivity contribution >= 4 is 17.9 Å². The van der Waals surface area contributed by atoms with Gasteiger partial charge in [-0.3, -0.25) is 14.4 Å². The molecular formula is C68H126O6. The average molecular weight is 1040 g/mol. The number of hydrogen-bond donors (Lipinski definition) is 0. The first-order chi connectivity index (χ1) is 36.5. The summed E-state index contributed by atoms with van der Waals surface area (Å²) in [6.45, 7) is 6.62. The largest absolute Gasteiger partial charge is 0.462 e. The van der Waals surface area contributed by atoms with Crippen molar-refractivity contribution in [3.8, 4) is 0 Å². The Balaban J connectivity index is 4.07. The lowest BCUT2D eigenvalue weighted by Crippen LogP contribution is -2.30. The number of ether oxygens (including phenoxy) is 3. The van der Waals surface area contributed by atoms with Crippen LogP contribution in [0.4, 0.5) is 0 Å². The van der Waals surface area contributed by atoms with Gasteiger partial charge in [0.15, 0.2) is 6.10 Å². The Kier molecular flexibility index (Phi) is 61.1. The predicted molar refractivity (Wildman–Crippen MR) is 321 cm³/mol. The molecule has 0 aliphatic heterocycles. The molecule has 0 fully saturated rings. The molecule has 0 saturated heterocycles. The van der Waals surface area contributed by atoms with Gasteiger partial charge < -0.3 is 14.2 Å². The Bertz CT molecular complexity index is 1240. The van der Waals surface area contributed by atoms with Crippen LogP contribution >= 0.6 is 0 Å². The molecule has 0 aliphatic rings. The number of carbonyl (C=O) groups is 3. The van der Waals surface area contributed by atoms with Gasteiger partial charge in [0.05, 0.1) is 0 Å². The summed E-state index contributed by atoms with van der Waals surface area (Å²) in [4.78, 5) is 38.2.